The molecule has 0 aliphatic heterocycles. The predicted octanol–water partition coefficient (Wildman–Crippen LogP) is 0.0216. The van der Waals surface area contributed by atoms with Crippen LogP contribution in [0.2, 0.25) is 0 Å². The van der Waals surface area contributed by atoms with Crippen LogP contribution in [-0.2, 0) is 9.78 Å². The smallest absolute Gasteiger partial charge is 0.129 e. The van der Waals surface area contributed by atoms with E-state index < -0.39 is 6.10 Å². The van der Waals surface area contributed by atoms with Crippen molar-refractivity contribution in [3.63, 3.8) is 0 Å². The number of aliphatic hydroxyl groups is 1. The molecule has 0 aromatic rings. The van der Waals surface area contributed by atoms with Crippen molar-refractivity contribution in [3.05, 3.63) is 0 Å². The molecule has 12 heavy (non-hydrogen) atoms. The van der Waals surface area contributed by atoms with Crippen molar-refractivity contribution in [1.29, 1.82) is 0 Å². The summed E-state index contributed by atoms with van der Waals surface area (Å²) in [6.45, 7) is 3.25. The fourth-order valence-corrected chi connectivity index (χ4v) is 0.895. The van der Waals surface area contributed by atoms with Gasteiger partial charge in [0.1, 0.15) is 19.3 Å². The Hall–Kier alpha value is -0.160. The van der Waals surface area contributed by atoms with E-state index in [9.17, 15) is 5.11 Å². The summed E-state index contributed by atoms with van der Waals surface area (Å²) < 4.78 is 0.719. The third-order valence-electron chi connectivity index (χ3n) is 1.22. The fraction of sp³-hybridized carbons (Fsp3) is 1.00. The van der Waals surface area contributed by atoms with Crippen LogP contribution >= 0.6 is 0 Å². The van der Waals surface area contributed by atoms with E-state index in [0.29, 0.717) is 13.2 Å². The number of rotatable bonds is 6. The van der Waals surface area contributed by atoms with Gasteiger partial charge >= 0.3 is 0 Å². The zero-order valence-electron chi connectivity index (χ0n) is 8.41. The second-order valence-corrected chi connectivity index (χ2v) is 3.82. The molecule has 1 atom stereocenters. The second kappa shape index (κ2) is 5.48. The highest BCUT2D eigenvalue weighted by atomic mass is 17.2. The summed E-state index contributed by atoms with van der Waals surface area (Å²) in [6, 6.07) is 0. The Bertz CT molecular complexity index is 111. The molecule has 0 aromatic carbocycles. The molecule has 0 saturated carbocycles. The molecule has 0 saturated heterocycles. The Kier molecular flexibility index (Phi) is 5.41. The van der Waals surface area contributed by atoms with Crippen LogP contribution < -0.4 is 0 Å². The minimum Gasteiger partial charge on any atom is -0.385 e. The second-order valence-electron chi connectivity index (χ2n) is 3.82. The molecule has 0 aliphatic rings. The number of aliphatic hydroxyl groups excluding tert-OH is 1. The van der Waals surface area contributed by atoms with Crippen molar-refractivity contribution < 1.29 is 19.4 Å². The minimum atomic E-state index is -0.462. The van der Waals surface area contributed by atoms with E-state index in [1.165, 1.54) is 0 Å². The Labute approximate surface area is 74.2 Å². The maximum absolute atomic E-state index is 9.39. The average Bonchev–Trinajstić information content (AvgIpc) is 1.84. The Morgan fingerprint density at radius 2 is 1.83 bits per heavy atom. The number of hydrogen-bond acceptors (Lipinski definition) is 3. The van der Waals surface area contributed by atoms with Crippen molar-refractivity contribution in [2.45, 2.75) is 13.0 Å². The van der Waals surface area contributed by atoms with Gasteiger partial charge in [-0.05, 0) is 6.92 Å². The first-order valence-electron chi connectivity index (χ1n) is 4.18. The van der Waals surface area contributed by atoms with Crippen LogP contribution in [0.3, 0.4) is 0 Å². The highest BCUT2D eigenvalue weighted by Gasteiger charge is 2.15. The molecule has 1 N–H and O–H groups in total. The molecule has 4 nitrogen and oxygen atoms in total. The van der Waals surface area contributed by atoms with E-state index in [2.05, 4.69) is 4.89 Å². The largest absolute Gasteiger partial charge is 0.385 e. The Morgan fingerprint density at radius 3 is 2.25 bits per heavy atom. The summed E-state index contributed by atoms with van der Waals surface area (Å²) in [5, 5.41) is 9.39. The number of quaternary nitrogens is 1. The molecule has 0 fully saturated rings. The van der Waals surface area contributed by atoms with Crippen LogP contribution in [0.4, 0.5) is 0 Å². The molecule has 0 heterocycles. The van der Waals surface area contributed by atoms with Crippen molar-refractivity contribution in [3.8, 4) is 0 Å². The van der Waals surface area contributed by atoms with E-state index in [4.69, 9.17) is 4.89 Å². The maximum atomic E-state index is 9.39. The number of nitrogens with zero attached hydrogens (tertiary/aromatic N) is 1. The monoisotopic (exact) mass is 178 g/mol. The lowest BCUT2D eigenvalue weighted by molar-refractivity contribution is -0.873. The predicted molar refractivity (Wildman–Crippen MR) is 46.5 cm³/mol. The lowest BCUT2D eigenvalue weighted by atomic mass is 10.3. The molecular formula is C8H20NO3+. The van der Waals surface area contributed by atoms with Gasteiger partial charge < -0.3 is 9.59 Å². The van der Waals surface area contributed by atoms with Gasteiger partial charge in [0.2, 0.25) is 0 Å². The fourth-order valence-electron chi connectivity index (χ4n) is 0.895. The van der Waals surface area contributed by atoms with E-state index in [1.807, 2.05) is 28.1 Å². The zero-order valence-corrected chi connectivity index (χ0v) is 8.41. The standard InChI is InChI=1S/C8H20NO3/c1-5-11-12-7-8(10)6-9(2,3)4/h8,10H,5-7H2,1-4H3/q+1. The lowest BCUT2D eigenvalue weighted by Gasteiger charge is -2.26. The summed E-state index contributed by atoms with van der Waals surface area (Å²) >= 11 is 0. The molecule has 0 amide bonds. The Morgan fingerprint density at radius 1 is 1.25 bits per heavy atom. The van der Waals surface area contributed by atoms with Crippen molar-refractivity contribution in [1.82, 2.24) is 0 Å². The molecule has 0 aromatic heterocycles. The molecule has 74 valence electrons. The van der Waals surface area contributed by atoms with E-state index in [1.54, 1.807) is 0 Å². The Balaban J connectivity index is 3.40. The molecular weight excluding hydrogens is 158 g/mol. The van der Waals surface area contributed by atoms with Crippen molar-refractivity contribution >= 4 is 0 Å². The van der Waals surface area contributed by atoms with Gasteiger partial charge in [0.15, 0.2) is 0 Å². The van der Waals surface area contributed by atoms with Crippen LogP contribution in [0, 0.1) is 0 Å². The van der Waals surface area contributed by atoms with Gasteiger partial charge in [0, 0.05) is 0 Å². The first-order valence-corrected chi connectivity index (χ1v) is 4.18. The number of hydrogen-bond donors (Lipinski definition) is 1. The summed E-state index contributed by atoms with van der Waals surface area (Å²) in [7, 11) is 6.05. The zero-order chi connectivity index (χ0) is 9.61. The van der Waals surface area contributed by atoms with Gasteiger partial charge in [-0.2, -0.15) is 0 Å². The average molecular weight is 178 g/mol. The first-order chi connectivity index (χ1) is 5.45. The first kappa shape index (κ1) is 11.8. The third-order valence-corrected chi connectivity index (χ3v) is 1.22. The molecule has 0 spiro atoms. The van der Waals surface area contributed by atoms with Gasteiger partial charge in [-0.15, -0.1) is 0 Å². The quantitative estimate of drug-likeness (QED) is 0.270. The highest BCUT2D eigenvalue weighted by molar-refractivity contribution is 4.48. The van der Waals surface area contributed by atoms with Crippen LogP contribution in [0.15, 0.2) is 0 Å². The number of likely N-dealkylation sites (N-methyl/N-ethyl adjacent to an activating group) is 1. The van der Waals surface area contributed by atoms with E-state index >= 15 is 0 Å². The normalized spacial score (nSPS) is 14.8. The molecule has 0 radical (unpaired) electrons. The summed E-state index contributed by atoms with van der Waals surface area (Å²) in [5.41, 5.74) is 0. The molecule has 0 aliphatic carbocycles. The van der Waals surface area contributed by atoms with Gasteiger partial charge in [-0.3, -0.25) is 0 Å². The summed E-state index contributed by atoms with van der Waals surface area (Å²) in [4.78, 5) is 9.38. The van der Waals surface area contributed by atoms with Crippen molar-refractivity contribution in [2.24, 2.45) is 0 Å². The third kappa shape index (κ3) is 7.94. The van der Waals surface area contributed by atoms with Gasteiger partial charge in [0.05, 0.1) is 27.7 Å². The van der Waals surface area contributed by atoms with Gasteiger partial charge in [0.25, 0.3) is 0 Å². The van der Waals surface area contributed by atoms with Crippen LogP contribution in [-0.4, -0.2) is 56.6 Å². The van der Waals surface area contributed by atoms with Crippen molar-refractivity contribution in [2.75, 3.05) is 40.9 Å². The van der Waals surface area contributed by atoms with E-state index in [0.717, 1.165) is 4.48 Å². The summed E-state index contributed by atoms with van der Waals surface area (Å²) in [6.07, 6.45) is -0.462. The molecule has 4 heteroatoms. The van der Waals surface area contributed by atoms with Gasteiger partial charge in [-0.1, -0.05) is 0 Å². The van der Waals surface area contributed by atoms with Crippen LogP contribution in [0.5, 0.6) is 0 Å². The minimum absolute atomic E-state index is 0.239. The SMILES string of the molecule is CCOOCC(O)C[N+](C)(C)C. The molecule has 1 unspecified atom stereocenters. The van der Waals surface area contributed by atoms with Crippen LogP contribution in [0.1, 0.15) is 6.92 Å². The van der Waals surface area contributed by atoms with E-state index in [-0.39, 0.29) is 6.61 Å². The topological polar surface area (TPSA) is 38.7 Å². The molecule has 0 rings (SSSR count). The van der Waals surface area contributed by atoms with Crippen LogP contribution in [0.25, 0.3) is 0 Å². The maximum Gasteiger partial charge on any atom is 0.129 e. The summed E-state index contributed by atoms with van der Waals surface area (Å²) in [5.74, 6) is 0. The van der Waals surface area contributed by atoms with Gasteiger partial charge in [-0.25, -0.2) is 9.78 Å². The highest BCUT2D eigenvalue weighted by Crippen LogP contribution is 1.95. The molecule has 0 bridgehead atoms. The lowest BCUT2D eigenvalue weighted by Crippen LogP contribution is -2.42.